The Bertz CT molecular complexity index is 1080. The molecule has 8 nitrogen and oxygen atoms in total. The number of methoxy groups -OCH3 is 2. The second-order valence-corrected chi connectivity index (χ2v) is 8.14. The number of fused-ring (bicyclic) bond motifs is 1. The van der Waals surface area contributed by atoms with Crippen molar-refractivity contribution in [3.63, 3.8) is 0 Å². The van der Waals surface area contributed by atoms with Crippen LogP contribution in [0.3, 0.4) is 0 Å². The molecule has 174 valence electrons. The minimum atomic E-state index is -0.159. The zero-order valence-electron chi connectivity index (χ0n) is 18.4. The van der Waals surface area contributed by atoms with Crippen molar-refractivity contribution in [2.75, 3.05) is 39.4 Å². The van der Waals surface area contributed by atoms with Crippen molar-refractivity contribution >= 4 is 35.2 Å². The maximum Gasteiger partial charge on any atom is 0.246 e. The van der Waals surface area contributed by atoms with Crippen molar-refractivity contribution < 1.29 is 28.5 Å². The molecule has 2 aromatic rings. The number of anilines is 1. The number of halogens is 1. The zero-order chi connectivity index (χ0) is 23.4. The van der Waals surface area contributed by atoms with Gasteiger partial charge in [-0.3, -0.25) is 9.59 Å². The zero-order valence-corrected chi connectivity index (χ0v) is 19.2. The second kappa shape index (κ2) is 10.0. The highest BCUT2D eigenvalue weighted by Gasteiger charge is 2.27. The summed E-state index contributed by atoms with van der Waals surface area (Å²) in [5.41, 5.74) is 1.39. The van der Waals surface area contributed by atoms with Crippen LogP contribution < -0.4 is 24.3 Å². The topological polar surface area (TPSA) is 86.3 Å². The van der Waals surface area contributed by atoms with Crippen molar-refractivity contribution in [1.29, 1.82) is 0 Å². The van der Waals surface area contributed by atoms with E-state index in [-0.39, 0.29) is 24.5 Å². The summed E-state index contributed by atoms with van der Waals surface area (Å²) < 4.78 is 21.2. The number of nitrogens with one attached hydrogen (secondary N) is 1. The van der Waals surface area contributed by atoms with Gasteiger partial charge in [0.15, 0.2) is 23.0 Å². The van der Waals surface area contributed by atoms with Crippen LogP contribution in [0.4, 0.5) is 5.69 Å². The van der Waals surface area contributed by atoms with Crippen molar-refractivity contribution in [2.24, 2.45) is 5.92 Å². The Balaban J connectivity index is 1.31. The van der Waals surface area contributed by atoms with Crippen LogP contribution in [0.5, 0.6) is 23.0 Å². The van der Waals surface area contributed by atoms with Gasteiger partial charge in [0.25, 0.3) is 0 Å². The Hall–Kier alpha value is -3.39. The Kier molecular flexibility index (Phi) is 6.93. The number of nitrogens with zero attached hydrogens (tertiary/aromatic N) is 1. The molecule has 0 aliphatic carbocycles. The van der Waals surface area contributed by atoms with Gasteiger partial charge in [0, 0.05) is 36.8 Å². The normalized spacial score (nSPS) is 15.5. The Morgan fingerprint density at radius 1 is 1.09 bits per heavy atom. The largest absolute Gasteiger partial charge is 0.493 e. The van der Waals surface area contributed by atoms with E-state index < -0.39 is 0 Å². The van der Waals surface area contributed by atoms with E-state index in [9.17, 15) is 9.59 Å². The third-order valence-corrected chi connectivity index (χ3v) is 5.97. The predicted molar refractivity (Wildman–Crippen MR) is 124 cm³/mol. The lowest BCUT2D eigenvalue weighted by Gasteiger charge is -2.30. The van der Waals surface area contributed by atoms with Gasteiger partial charge in [-0.25, -0.2) is 0 Å². The van der Waals surface area contributed by atoms with E-state index in [0.29, 0.717) is 59.6 Å². The number of piperidine rings is 1. The summed E-state index contributed by atoms with van der Waals surface area (Å²) >= 11 is 6.22. The van der Waals surface area contributed by atoms with Crippen molar-refractivity contribution in [2.45, 2.75) is 12.8 Å². The summed E-state index contributed by atoms with van der Waals surface area (Å²) in [6, 6.07) is 8.77. The standard InChI is InChI=1S/C24H25ClN2O6/c1-30-21-12-15(11-18(25)23(21)31-2)3-6-22(28)27-9-7-16(8-10-27)24(29)26-17-4-5-19-20(13-17)33-14-32-19/h3-6,11-13,16H,7-10,14H2,1-2H3,(H,26,29)/b6-3+. The van der Waals surface area contributed by atoms with E-state index in [1.165, 1.54) is 20.3 Å². The van der Waals surface area contributed by atoms with Crippen LogP contribution >= 0.6 is 11.6 Å². The first-order valence-electron chi connectivity index (χ1n) is 10.6. The molecule has 0 atom stereocenters. The molecule has 2 aliphatic rings. The fraction of sp³-hybridized carbons (Fsp3) is 0.333. The molecule has 0 radical (unpaired) electrons. The molecule has 1 fully saturated rings. The first-order chi connectivity index (χ1) is 16.0. The third-order valence-electron chi connectivity index (χ3n) is 5.69. The fourth-order valence-corrected chi connectivity index (χ4v) is 4.18. The molecule has 0 unspecified atom stereocenters. The number of carbonyl (C=O) groups is 2. The minimum absolute atomic E-state index is 0.0588. The molecule has 0 spiro atoms. The van der Waals surface area contributed by atoms with E-state index in [1.54, 1.807) is 41.3 Å². The quantitative estimate of drug-likeness (QED) is 0.640. The Labute approximate surface area is 197 Å². The van der Waals surface area contributed by atoms with Crippen molar-refractivity contribution in [1.82, 2.24) is 4.90 Å². The first-order valence-corrected chi connectivity index (χ1v) is 11.0. The molecule has 4 rings (SSSR count). The summed E-state index contributed by atoms with van der Waals surface area (Å²) in [7, 11) is 3.04. The highest BCUT2D eigenvalue weighted by molar-refractivity contribution is 6.32. The van der Waals surface area contributed by atoms with Gasteiger partial charge in [-0.2, -0.15) is 0 Å². The highest BCUT2D eigenvalue weighted by Crippen LogP contribution is 2.36. The SMILES string of the molecule is COc1cc(/C=C/C(=O)N2CCC(C(=O)Nc3ccc4c(c3)OCO4)CC2)cc(Cl)c1OC. The molecule has 9 heteroatoms. The van der Waals surface area contributed by atoms with Crippen LogP contribution in [0, 0.1) is 5.92 Å². The molecule has 2 aromatic carbocycles. The molecule has 0 aromatic heterocycles. The smallest absolute Gasteiger partial charge is 0.246 e. The molecule has 1 N–H and O–H groups in total. The first kappa shape index (κ1) is 22.8. The Morgan fingerprint density at radius 3 is 2.58 bits per heavy atom. The molecule has 2 amide bonds. The van der Waals surface area contributed by atoms with Gasteiger partial charge in [-0.05, 0) is 48.7 Å². The number of hydrogen-bond acceptors (Lipinski definition) is 6. The lowest BCUT2D eigenvalue weighted by molar-refractivity contribution is -0.130. The fourth-order valence-electron chi connectivity index (χ4n) is 3.89. The summed E-state index contributed by atoms with van der Waals surface area (Å²) in [5.74, 6) is 1.90. The van der Waals surface area contributed by atoms with Gasteiger partial charge in [0.1, 0.15) is 0 Å². The molecule has 2 aliphatic heterocycles. The average Bonchev–Trinajstić information content (AvgIpc) is 3.30. The number of benzene rings is 2. The third kappa shape index (κ3) is 5.17. The Morgan fingerprint density at radius 2 is 1.85 bits per heavy atom. The van der Waals surface area contributed by atoms with E-state index in [4.69, 9.17) is 30.5 Å². The average molecular weight is 473 g/mol. The van der Waals surface area contributed by atoms with E-state index in [1.807, 2.05) is 0 Å². The molecular weight excluding hydrogens is 448 g/mol. The number of hydrogen-bond donors (Lipinski definition) is 1. The number of rotatable bonds is 6. The summed E-state index contributed by atoms with van der Waals surface area (Å²) in [5, 5.41) is 3.33. The maximum atomic E-state index is 12.7. The van der Waals surface area contributed by atoms with Gasteiger partial charge in [-0.15, -0.1) is 0 Å². The van der Waals surface area contributed by atoms with Crippen LogP contribution in [0.25, 0.3) is 6.08 Å². The molecule has 0 saturated carbocycles. The number of amides is 2. The summed E-state index contributed by atoms with van der Waals surface area (Å²) in [4.78, 5) is 27.0. The van der Waals surface area contributed by atoms with Crippen LogP contribution in [-0.2, 0) is 9.59 Å². The number of carbonyl (C=O) groups excluding carboxylic acids is 2. The van der Waals surface area contributed by atoms with Crippen molar-refractivity contribution in [3.8, 4) is 23.0 Å². The minimum Gasteiger partial charge on any atom is -0.493 e. The van der Waals surface area contributed by atoms with E-state index in [2.05, 4.69) is 5.32 Å². The van der Waals surface area contributed by atoms with Gasteiger partial charge in [0.05, 0.1) is 19.2 Å². The van der Waals surface area contributed by atoms with Crippen LogP contribution in [0.1, 0.15) is 18.4 Å². The maximum absolute atomic E-state index is 12.7. The highest BCUT2D eigenvalue weighted by atomic mass is 35.5. The predicted octanol–water partition coefficient (Wildman–Crippen LogP) is 3.98. The molecule has 2 heterocycles. The van der Waals surface area contributed by atoms with Crippen LogP contribution in [-0.4, -0.2) is 50.8 Å². The number of likely N-dealkylation sites (tertiary alicyclic amines) is 1. The van der Waals surface area contributed by atoms with Gasteiger partial charge in [0.2, 0.25) is 18.6 Å². The lowest BCUT2D eigenvalue weighted by Crippen LogP contribution is -2.40. The van der Waals surface area contributed by atoms with Crippen LogP contribution in [0.15, 0.2) is 36.4 Å². The summed E-state index contributed by atoms with van der Waals surface area (Å²) in [6.07, 6.45) is 4.38. The van der Waals surface area contributed by atoms with Gasteiger partial charge in [-0.1, -0.05) is 11.6 Å². The lowest BCUT2D eigenvalue weighted by atomic mass is 9.95. The second-order valence-electron chi connectivity index (χ2n) is 7.73. The summed E-state index contributed by atoms with van der Waals surface area (Å²) in [6.45, 7) is 1.21. The van der Waals surface area contributed by atoms with E-state index >= 15 is 0 Å². The molecular formula is C24H25ClN2O6. The molecule has 1 saturated heterocycles. The van der Waals surface area contributed by atoms with E-state index in [0.717, 1.165) is 5.56 Å². The van der Waals surface area contributed by atoms with Gasteiger partial charge >= 0.3 is 0 Å². The monoisotopic (exact) mass is 472 g/mol. The van der Waals surface area contributed by atoms with Crippen LogP contribution in [0.2, 0.25) is 5.02 Å². The number of ether oxygens (including phenoxy) is 4. The van der Waals surface area contributed by atoms with Crippen molar-refractivity contribution in [3.05, 3.63) is 47.0 Å². The van der Waals surface area contributed by atoms with Gasteiger partial charge < -0.3 is 29.2 Å². The molecule has 33 heavy (non-hydrogen) atoms. The molecule has 0 bridgehead atoms.